The maximum atomic E-state index is 6.86. The lowest BCUT2D eigenvalue weighted by molar-refractivity contribution is 1.67. The van der Waals surface area contributed by atoms with Gasteiger partial charge in [0.05, 0.1) is 9.72 Å². The van der Waals surface area contributed by atoms with Crippen molar-refractivity contribution in [3.8, 4) is 32.7 Å². The first-order valence-corrected chi connectivity index (χ1v) is 14.7. The third kappa shape index (κ3) is 3.59. The van der Waals surface area contributed by atoms with E-state index in [1.807, 2.05) is 6.07 Å². The SMILES string of the molecule is Clc1cccc2c(-c3ccc4ccccc4c3)c(-c3c4ccccc4c(-c4ccccc4)c4ccccc34)sc12. The van der Waals surface area contributed by atoms with Crippen molar-refractivity contribution in [3.63, 3.8) is 0 Å². The van der Waals surface area contributed by atoms with Gasteiger partial charge in [-0.3, -0.25) is 0 Å². The van der Waals surface area contributed by atoms with E-state index in [4.69, 9.17) is 11.6 Å². The summed E-state index contributed by atoms with van der Waals surface area (Å²) in [7, 11) is 0. The summed E-state index contributed by atoms with van der Waals surface area (Å²) in [6.45, 7) is 0. The molecule has 0 amide bonds. The fraction of sp³-hybridized carbons (Fsp3) is 0. The molecule has 0 aliphatic carbocycles. The molecular formula is C38H23ClS. The standard InChI is InChI=1S/C38H23ClS/c39-33-20-10-19-32-35(27-22-21-24-11-4-5-14-26(24)23-27)38(40-37(32)33)36-30-17-8-6-15-28(30)34(25-12-2-1-3-13-25)29-16-7-9-18-31(29)36/h1-23H. The van der Waals surface area contributed by atoms with Gasteiger partial charge in [-0.2, -0.15) is 0 Å². The van der Waals surface area contributed by atoms with Gasteiger partial charge in [-0.1, -0.05) is 139 Å². The second-order valence-corrected chi connectivity index (χ2v) is 11.6. The smallest absolute Gasteiger partial charge is 0.0584 e. The van der Waals surface area contributed by atoms with Gasteiger partial charge in [-0.05, 0) is 61.1 Å². The Labute approximate surface area is 241 Å². The first kappa shape index (κ1) is 23.5. The van der Waals surface area contributed by atoms with Crippen LogP contribution in [0.2, 0.25) is 5.02 Å². The summed E-state index contributed by atoms with van der Waals surface area (Å²) in [5, 5.41) is 9.50. The molecule has 0 spiro atoms. The van der Waals surface area contributed by atoms with E-state index < -0.39 is 0 Å². The fourth-order valence-corrected chi connectivity index (χ4v) is 7.77. The summed E-state index contributed by atoms with van der Waals surface area (Å²) in [5.74, 6) is 0. The molecule has 2 heteroatoms. The summed E-state index contributed by atoms with van der Waals surface area (Å²) in [6.07, 6.45) is 0. The van der Waals surface area contributed by atoms with E-state index in [1.165, 1.54) is 70.4 Å². The van der Waals surface area contributed by atoms with Crippen LogP contribution in [0.5, 0.6) is 0 Å². The molecular weight excluding hydrogens is 524 g/mol. The summed E-state index contributed by atoms with van der Waals surface area (Å²) >= 11 is 8.67. The molecule has 0 fully saturated rings. The van der Waals surface area contributed by atoms with Crippen LogP contribution < -0.4 is 0 Å². The highest BCUT2D eigenvalue weighted by atomic mass is 35.5. The van der Waals surface area contributed by atoms with Crippen LogP contribution in [0.1, 0.15) is 0 Å². The summed E-state index contributed by atoms with van der Waals surface area (Å²) in [6, 6.07) is 50.2. The molecule has 0 radical (unpaired) electrons. The zero-order chi connectivity index (χ0) is 26.6. The quantitative estimate of drug-likeness (QED) is 0.193. The van der Waals surface area contributed by atoms with Gasteiger partial charge in [0.15, 0.2) is 0 Å². The Balaban J connectivity index is 1.55. The van der Waals surface area contributed by atoms with Crippen LogP contribution >= 0.6 is 22.9 Å². The topological polar surface area (TPSA) is 0 Å². The van der Waals surface area contributed by atoms with Crippen LogP contribution in [-0.2, 0) is 0 Å². The number of hydrogen-bond acceptors (Lipinski definition) is 1. The van der Waals surface area contributed by atoms with Crippen LogP contribution in [0.4, 0.5) is 0 Å². The minimum atomic E-state index is 0.797. The van der Waals surface area contributed by atoms with Crippen molar-refractivity contribution in [3.05, 3.63) is 145 Å². The predicted molar refractivity (Wildman–Crippen MR) is 176 cm³/mol. The maximum Gasteiger partial charge on any atom is 0.0584 e. The van der Waals surface area contributed by atoms with Crippen molar-refractivity contribution in [2.45, 2.75) is 0 Å². The van der Waals surface area contributed by atoms with Crippen LogP contribution in [0.3, 0.4) is 0 Å². The second kappa shape index (κ2) is 9.34. The lowest BCUT2D eigenvalue weighted by Gasteiger charge is -2.18. The van der Waals surface area contributed by atoms with Gasteiger partial charge in [0, 0.05) is 21.4 Å². The molecule has 0 N–H and O–H groups in total. The third-order valence-electron chi connectivity index (χ3n) is 7.93. The second-order valence-electron chi connectivity index (χ2n) is 10.2. The van der Waals surface area contributed by atoms with E-state index in [9.17, 15) is 0 Å². The summed E-state index contributed by atoms with van der Waals surface area (Å²) in [5.41, 5.74) is 6.24. The van der Waals surface area contributed by atoms with Gasteiger partial charge in [0.1, 0.15) is 0 Å². The summed E-state index contributed by atoms with van der Waals surface area (Å²) in [4.78, 5) is 1.25. The van der Waals surface area contributed by atoms with Crippen LogP contribution in [-0.4, -0.2) is 0 Å². The Morgan fingerprint density at radius 1 is 0.400 bits per heavy atom. The van der Waals surface area contributed by atoms with Gasteiger partial charge in [-0.15, -0.1) is 11.3 Å². The average molecular weight is 547 g/mol. The van der Waals surface area contributed by atoms with E-state index in [0.29, 0.717) is 0 Å². The number of rotatable bonds is 3. The molecule has 0 aliphatic rings. The van der Waals surface area contributed by atoms with Gasteiger partial charge < -0.3 is 0 Å². The molecule has 8 aromatic rings. The molecule has 0 bridgehead atoms. The Bertz CT molecular complexity index is 2170. The molecule has 0 unspecified atom stereocenters. The molecule has 1 heterocycles. The van der Waals surface area contributed by atoms with E-state index in [1.54, 1.807) is 11.3 Å². The van der Waals surface area contributed by atoms with E-state index in [0.717, 1.165) is 9.72 Å². The number of thiophene rings is 1. The molecule has 40 heavy (non-hydrogen) atoms. The minimum Gasteiger partial charge on any atom is -0.133 e. The maximum absolute atomic E-state index is 6.86. The van der Waals surface area contributed by atoms with Crippen molar-refractivity contribution in [2.24, 2.45) is 0 Å². The lowest BCUT2D eigenvalue weighted by atomic mass is 9.86. The molecule has 7 aromatic carbocycles. The third-order valence-corrected chi connectivity index (χ3v) is 9.61. The van der Waals surface area contributed by atoms with Gasteiger partial charge in [-0.25, -0.2) is 0 Å². The van der Waals surface area contributed by atoms with E-state index in [-0.39, 0.29) is 0 Å². The molecule has 0 aliphatic heterocycles. The molecule has 0 atom stereocenters. The number of halogens is 1. The Morgan fingerprint density at radius 3 is 1.68 bits per heavy atom. The van der Waals surface area contributed by atoms with E-state index >= 15 is 0 Å². The Hall–Kier alpha value is -4.43. The van der Waals surface area contributed by atoms with Crippen molar-refractivity contribution in [1.29, 1.82) is 0 Å². The van der Waals surface area contributed by atoms with Crippen molar-refractivity contribution >= 4 is 65.3 Å². The van der Waals surface area contributed by atoms with Crippen LogP contribution in [0.15, 0.2) is 140 Å². The highest BCUT2D eigenvalue weighted by Gasteiger charge is 2.23. The molecule has 188 valence electrons. The van der Waals surface area contributed by atoms with Crippen LogP contribution in [0.25, 0.3) is 75.1 Å². The molecule has 8 rings (SSSR count). The fourth-order valence-electron chi connectivity index (χ4n) is 6.18. The first-order chi connectivity index (χ1) is 19.8. The monoisotopic (exact) mass is 546 g/mol. The molecule has 0 saturated heterocycles. The van der Waals surface area contributed by atoms with Gasteiger partial charge >= 0.3 is 0 Å². The van der Waals surface area contributed by atoms with Gasteiger partial charge in [0.25, 0.3) is 0 Å². The summed E-state index contributed by atoms with van der Waals surface area (Å²) < 4.78 is 1.13. The molecule has 0 saturated carbocycles. The number of benzene rings is 7. The van der Waals surface area contributed by atoms with E-state index in [2.05, 4.69) is 133 Å². The van der Waals surface area contributed by atoms with Crippen molar-refractivity contribution in [1.82, 2.24) is 0 Å². The zero-order valence-corrected chi connectivity index (χ0v) is 23.1. The van der Waals surface area contributed by atoms with Crippen molar-refractivity contribution in [2.75, 3.05) is 0 Å². The lowest BCUT2D eigenvalue weighted by Crippen LogP contribution is -1.90. The zero-order valence-electron chi connectivity index (χ0n) is 21.6. The average Bonchev–Trinajstić information content (AvgIpc) is 3.40. The number of fused-ring (bicyclic) bond motifs is 4. The predicted octanol–water partition coefficient (Wildman–Crippen LogP) is 12.0. The molecule has 1 aromatic heterocycles. The molecule has 0 nitrogen and oxygen atoms in total. The Kier molecular flexibility index (Phi) is 5.48. The highest BCUT2D eigenvalue weighted by molar-refractivity contribution is 7.23. The Morgan fingerprint density at radius 2 is 0.975 bits per heavy atom. The van der Waals surface area contributed by atoms with Crippen molar-refractivity contribution < 1.29 is 0 Å². The largest absolute Gasteiger partial charge is 0.133 e. The highest BCUT2D eigenvalue weighted by Crippen LogP contribution is 2.52. The van der Waals surface area contributed by atoms with Crippen LogP contribution in [0, 0.1) is 0 Å². The first-order valence-electron chi connectivity index (χ1n) is 13.5. The normalized spacial score (nSPS) is 11.6. The minimum absolute atomic E-state index is 0.797. The van der Waals surface area contributed by atoms with Gasteiger partial charge in [0.2, 0.25) is 0 Å². The number of hydrogen-bond donors (Lipinski definition) is 0.